The van der Waals surface area contributed by atoms with Crippen molar-refractivity contribution in [2.45, 2.75) is 6.92 Å². The topological polar surface area (TPSA) is 32.3 Å². The number of thioether (sulfide) groups is 1. The zero-order valence-corrected chi connectivity index (χ0v) is 6.29. The third-order valence-corrected chi connectivity index (χ3v) is 2.25. The molecule has 9 heavy (non-hydrogen) atoms. The van der Waals surface area contributed by atoms with Crippen LogP contribution in [0.4, 0.5) is 0 Å². The largest absolute Gasteiger partial charge is 0.511 e. The van der Waals surface area contributed by atoms with Crippen LogP contribution < -0.4 is 5.32 Å². The summed E-state index contributed by atoms with van der Waals surface area (Å²) in [4.78, 5) is 0. The van der Waals surface area contributed by atoms with Crippen LogP contribution in [0.15, 0.2) is 11.5 Å². The van der Waals surface area contributed by atoms with Crippen molar-refractivity contribution in [1.29, 1.82) is 0 Å². The Morgan fingerprint density at radius 2 is 2.56 bits per heavy atom. The third kappa shape index (κ3) is 1.82. The highest BCUT2D eigenvalue weighted by molar-refractivity contribution is 7.99. The zero-order valence-electron chi connectivity index (χ0n) is 5.48. The van der Waals surface area contributed by atoms with Gasteiger partial charge in [-0.25, -0.2) is 0 Å². The van der Waals surface area contributed by atoms with Crippen LogP contribution in [0.5, 0.6) is 0 Å². The van der Waals surface area contributed by atoms with Crippen molar-refractivity contribution < 1.29 is 5.11 Å². The Labute approximate surface area is 59.3 Å². The van der Waals surface area contributed by atoms with Crippen molar-refractivity contribution in [2.24, 2.45) is 0 Å². The van der Waals surface area contributed by atoms with Gasteiger partial charge in [0.1, 0.15) is 5.76 Å². The van der Waals surface area contributed by atoms with Crippen LogP contribution in [0.3, 0.4) is 0 Å². The van der Waals surface area contributed by atoms with Crippen LogP contribution in [0.25, 0.3) is 0 Å². The zero-order chi connectivity index (χ0) is 6.69. The number of nitrogens with one attached hydrogen (secondary N) is 1. The predicted molar refractivity (Wildman–Crippen MR) is 40.7 cm³/mol. The van der Waals surface area contributed by atoms with Crippen molar-refractivity contribution in [3.8, 4) is 0 Å². The molecule has 1 heterocycles. The number of aliphatic hydroxyl groups is 1. The Kier molecular flexibility index (Phi) is 2.28. The summed E-state index contributed by atoms with van der Waals surface area (Å²) >= 11 is 1.85. The fourth-order valence-corrected chi connectivity index (χ4v) is 1.64. The number of aliphatic hydroxyl groups excluding tert-OH is 1. The van der Waals surface area contributed by atoms with Crippen LogP contribution in [-0.2, 0) is 0 Å². The SMILES string of the molecule is C/C(O)=C1\CSCCN1. The fourth-order valence-electron chi connectivity index (χ4n) is 0.732. The molecule has 0 aliphatic carbocycles. The second-order valence-corrected chi connectivity index (χ2v) is 3.15. The number of hydrogen-bond donors (Lipinski definition) is 2. The van der Waals surface area contributed by atoms with E-state index in [2.05, 4.69) is 5.32 Å². The maximum Gasteiger partial charge on any atom is 0.109 e. The average Bonchev–Trinajstić information content (AvgIpc) is 1.90. The molecular formula is C6H11NOS. The molecule has 1 rings (SSSR count). The molecule has 0 unspecified atom stereocenters. The van der Waals surface area contributed by atoms with E-state index < -0.39 is 0 Å². The molecule has 0 saturated carbocycles. The van der Waals surface area contributed by atoms with Gasteiger partial charge < -0.3 is 10.4 Å². The molecule has 52 valence electrons. The van der Waals surface area contributed by atoms with Crippen molar-refractivity contribution >= 4 is 11.8 Å². The van der Waals surface area contributed by atoms with E-state index in [1.165, 1.54) is 0 Å². The Hall–Kier alpha value is -0.310. The highest BCUT2D eigenvalue weighted by atomic mass is 32.2. The number of hydrogen-bond acceptors (Lipinski definition) is 3. The lowest BCUT2D eigenvalue weighted by molar-refractivity contribution is 0.401. The molecule has 0 radical (unpaired) electrons. The summed E-state index contributed by atoms with van der Waals surface area (Å²) in [5.74, 6) is 2.52. The van der Waals surface area contributed by atoms with Crippen LogP contribution in [0, 0.1) is 0 Å². The summed E-state index contributed by atoms with van der Waals surface area (Å²) in [5, 5.41) is 12.1. The van der Waals surface area contributed by atoms with Gasteiger partial charge >= 0.3 is 0 Å². The van der Waals surface area contributed by atoms with Gasteiger partial charge in [-0.05, 0) is 6.92 Å². The lowest BCUT2D eigenvalue weighted by Gasteiger charge is -2.16. The van der Waals surface area contributed by atoms with Crippen LogP contribution in [0.1, 0.15) is 6.92 Å². The van der Waals surface area contributed by atoms with Crippen LogP contribution in [-0.4, -0.2) is 23.2 Å². The molecular weight excluding hydrogens is 134 g/mol. The van der Waals surface area contributed by atoms with Crippen molar-refractivity contribution in [1.82, 2.24) is 5.32 Å². The lowest BCUT2D eigenvalue weighted by atomic mass is 10.4. The molecule has 0 spiro atoms. The van der Waals surface area contributed by atoms with Gasteiger partial charge in [-0.15, -0.1) is 0 Å². The molecule has 1 saturated heterocycles. The molecule has 3 heteroatoms. The monoisotopic (exact) mass is 145 g/mol. The van der Waals surface area contributed by atoms with Crippen LogP contribution in [0.2, 0.25) is 0 Å². The first-order chi connectivity index (χ1) is 4.30. The quantitative estimate of drug-likeness (QED) is 0.501. The van der Waals surface area contributed by atoms with E-state index >= 15 is 0 Å². The van der Waals surface area contributed by atoms with Crippen molar-refractivity contribution in [3.05, 3.63) is 11.5 Å². The Morgan fingerprint density at radius 3 is 2.89 bits per heavy atom. The Morgan fingerprint density at radius 1 is 1.78 bits per heavy atom. The second kappa shape index (κ2) is 3.01. The van der Waals surface area contributed by atoms with Crippen LogP contribution >= 0.6 is 11.8 Å². The number of allylic oxidation sites excluding steroid dienone is 1. The second-order valence-electron chi connectivity index (χ2n) is 2.04. The molecule has 0 aromatic carbocycles. The summed E-state index contributed by atoms with van der Waals surface area (Å²) in [7, 11) is 0. The summed E-state index contributed by atoms with van der Waals surface area (Å²) in [5.41, 5.74) is 0.992. The van der Waals surface area contributed by atoms with Crippen molar-refractivity contribution in [2.75, 3.05) is 18.1 Å². The molecule has 1 fully saturated rings. The van der Waals surface area contributed by atoms with Gasteiger partial charge in [0, 0.05) is 18.1 Å². The summed E-state index contributed by atoms with van der Waals surface area (Å²) < 4.78 is 0. The van der Waals surface area contributed by atoms with Gasteiger partial charge in [0.15, 0.2) is 0 Å². The molecule has 0 bridgehead atoms. The maximum atomic E-state index is 8.98. The first-order valence-corrected chi connectivity index (χ1v) is 4.16. The highest BCUT2D eigenvalue weighted by Crippen LogP contribution is 2.11. The molecule has 1 aliphatic rings. The Bertz CT molecular complexity index is 121. The lowest BCUT2D eigenvalue weighted by Crippen LogP contribution is -2.24. The van der Waals surface area contributed by atoms with E-state index in [1.807, 2.05) is 11.8 Å². The van der Waals surface area contributed by atoms with Gasteiger partial charge in [-0.2, -0.15) is 11.8 Å². The molecule has 0 aromatic heterocycles. The van der Waals surface area contributed by atoms with E-state index in [0.717, 1.165) is 23.7 Å². The van der Waals surface area contributed by atoms with Crippen molar-refractivity contribution in [3.63, 3.8) is 0 Å². The first kappa shape index (κ1) is 6.81. The van der Waals surface area contributed by atoms with Gasteiger partial charge in [0.25, 0.3) is 0 Å². The molecule has 0 atom stereocenters. The van der Waals surface area contributed by atoms with E-state index in [-0.39, 0.29) is 0 Å². The van der Waals surface area contributed by atoms with E-state index in [0.29, 0.717) is 5.76 Å². The summed E-state index contributed by atoms with van der Waals surface area (Å²) in [6, 6.07) is 0. The summed E-state index contributed by atoms with van der Waals surface area (Å²) in [6.45, 7) is 2.70. The molecule has 0 aromatic rings. The average molecular weight is 145 g/mol. The molecule has 1 aliphatic heterocycles. The van der Waals surface area contributed by atoms with E-state index in [9.17, 15) is 0 Å². The predicted octanol–water partition coefficient (Wildman–Crippen LogP) is 1.11. The maximum absolute atomic E-state index is 8.98. The normalized spacial score (nSPS) is 25.0. The summed E-state index contributed by atoms with van der Waals surface area (Å²) in [6.07, 6.45) is 0. The minimum atomic E-state index is 0.433. The Balaban J connectivity index is 2.49. The van der Waals surface area contributed by atoms with Gasteiger partial charge in [-0.1, -0.05) is 0 Å². The first-order valence-electron chi connectivity index (χ1n) is 3.01. The third-order valence-electron chi connectivity index (χ3n) is 1.27. The standard InChI is InChI=1S/C6H11NOS/c1-5(8)6-4-9-3-2-7-6/h7-8H,2-4H2,1H3/b6-5-. The highest BCUT2D eigenvalue weighted by Gasteiger charge is 2.05. The minimum Gasteiger partial charge on any atom is -0.511 e. The van der Waals surface area contributed by atoms with Gasteiger partial charge in [-0.3, -0.25) is 0 Å². The van der Waals surface area contributed by atoms with Gasteiger partial charge in [0.2, 0.25) is 0 Å². The fraction of sp³-hybridized carbons (Fsp3) is 0.667. The molecule has 2 N–H and O–H groups in total. The number of rotatable bonds is 0. The van der Waals surface area contributed by atoms with E-state index in [4.69, 9.17) is 5.11 Å². The minimum absolute atomic E-state index is 0.433. The smallest absolute Gasteiger partial charge is 0.109 e. The molecule has 2 nitrogen and oxygen atoms in total. The van der Waals surface area contributed by atoms with E-state index in [1.54, 1.807) is 6.92 Å². The van der Waals surface area contributed by atoms with Gasteiger partial charge in [0.05, 0.1) is 5.70 Å². The molecule has 0 amide bonds.